The Labute approximate surface area is 99.7 Å². The maximum Gasteiger partial charge on any atom is 0.264 e. The van der Waals surface area contributed by atoms with E-state index in [0.717, 1.165) is 24.3 Å². The predicted octanol–water partition coefficient (Wildman–Crippen LogP) is 1.96. The van der Waals surface area contributed by atoms with E-state index in [1.807, 2.05) is 24.8 Å². The Hall–Kier alpha value is -0.870. The van der Waals surface area contributed by atoms with Gasteiger partial charge >= 0.3 is 0 Å². The average Bonchev–Trinajstić information content (AvgIpc) is 2.85. The fourth-order valence-corrected chi connectivity index (χ4v) is 3.10. The number of likely N-dealkylation sites (tertiary alicyclic amines) is 1. The third-order valence-electron chi connectivity index (χ3n) is 3.23. The number of carbonyl (C=O) groups is 1. The van der Waals surface area contributed by atoms with Crippen LogP contribution in [0.2, 0.25) is 0 Å². The van der Waals surface area contributed by atoms with Crippen LogP contribution in [0.4, 0.5) is 0 Å². The molecule has 0 bridgehead atoms. The van der Waals surface area contributed by atoms with Gasteiger partial charge < -0.3 is 10.0 Å². The minimum Gasteiger partial charge on any atom is -0.394 e. The first-order chi connectivity index (χ1) is 7.63. The zero-order valence-electron chi connectivity index (χ0n) is 9.69. The Morgan fingerprint density at radius 2 is 2.38 bits per heavy atom. The first kappa shape index (κ1) is 11.6. The quantitative estimate of drug-likeness (QED) is 0.857. The standard InChI is InChI=1S/C12H17NO2S/c1-8-6-11(16-9(8)2)12(15)13-5-3-4-10(13)7-14/h6,10,14H,3-5,7H2,1-2H3/t10-/m1/s1. The number of nitrogens with zero attached hydrogens (tertiary/aromatic N) is 1. The van der Waals surface area contributed by atoms with Crippen molar-refractivity contribution < 1.29 is 9.90 Å². The summed E-state index contributed by atoms with van der Waals surface area (Å²) >= 11 is 1.55. The van der Waals surface area contributed by atoms with Gasteiger partial charge in [-0.25, -0.2) is 0 Å². The Balaban J connectivity index is 2.18. The summed E-state index contributed by atoms with van der Waals surface area (Å²) in [6.45, 7) is 4.91. The number of aryl methyl sites for hydroxylation is 2. The molecule has 2 heterocycles. The molecule has 0 aliphatic carbocycles. The first-order valence-electron chi connectivity index (χ1n) is 5.62. The molecular formula is C12H17NO2S. The van der Waals surface area contributed by atoms with Gasteiger partial charge in [-0.1, -0.05) is 0 Å². The molecule has 0 unspecified atom stereocenters. The van der Waals surface area contributed by atoms with Crippen molar-refractivity contribution >= 4 is 17.2 Å². The van der Waals surface area contributed by atoms with Gasteiger partial charge in [-0.15, -0.1) is 11.3 Å². The molecule has 0 radical (unpaired) electrons. The highest BCUT2D eigenvalue weighted by Gasteiger charge is 2.29. The van der Waals surface area contributed by atoms with Crippen molar-refractivity contribution in [2.45, 2.75) is 32.7 Å². The van der Waals surface area contributed by atoms with Crippen molar-refractivity contribution in [2.24, 2.45) is 0 Å². The fourth-order valence-electron chi connectivity index (χ4n) is 2.11. The van der Waals surface area contributed by atoms with E-state index < -0.39 is 0 Å². The lowest BCUT2D eigenvalue weighted by atomic mass is 10.2. The predicted molar refractivity (Wildman–Crippen MR) is 64.9 cm³/mol. The highest BCUT2D eigenvalue weighted by molar-refractivity contribution is 7.14. The second kappa shape index (κ2) is 4.55. The minimum absolute atomic E-state index is 0.0233. The normalized spacial score (nSPS) is 20.4. The van der Waals surface area contributed by atoms with Gasteiger partial charge in [0, 0.05) is 11.4 Å². The summed E-state index contributed by atoms with van der Waals surface area (Å²) in [5.74, 6) is 0.0813. The smallest absolute Gasteiger partial charge is 0.264 e. The van der Waals surface area contributed by atoms with E-state index in [9.17, 15) is 9.90 Å². The minimum atomic E-state index is 0.0233. The van der Waals surface area contributed by atoms with Crippen LogP contribution in [0.3, 0.4) is 0 Å². The van der Waals surface area contributed by atoms with Gasteiger partial charge in [0.05, 0.1) is 17.5 Å². The van der Waals surface area contributed by atoms with Crippen LogP contribution in [0.25, 0.3) is 0 Å². The summed E-state index contributed by atoms with van der Waals surface area (Å²) in [5, 5.41) is 9.20. The second-order valence-corrected chi connectivity index (χ2v) is 5.58. The van der Waals surface area contributed by atoms with Crippen molar-refractivity contribution in [3.8, 4) is 0 Å². The third kappa shape index (κ3) is 1.99. The van der Waals surface area contributed by atoms with E-state index in [4.69, 9.17) is 0 Å². The van der Waals surface area contributed by atoms with Crippen LogP contribution in [0.5, 0.6) is 0 Å². The molecule has 1 aliphatic rings. The van der Waals surface area contributed by atoms with Crippen LogP contribution in [0.1, 0.15) is 33.0 Å². The van der Waals surface area contributed by atoms with E-state index in [-0.39, 0.29) is 18.6 Å². The highest BCUT2D eigenvalue weighted by Crippen LogP contribution is 2.25. The lowest BCUT2D eigenvalue weighted by Crippen LogP contribution is -2.37. The van der Waals surface area contributed by atoms with Crippen molar-refractivity contribution in [1.29, 1.82) is 0 Å². The summed E-state index contributed by atoms with van der Waals surface area (Å²) < 4.78 is 0. The molecular weight excluding hydrogens is 222 g/mol. The Bertz CT molecular complexity index is 380. The number of aliphatic hydroxyl groups excluding tert-OH is 1. The number of carbonyl (C=O) groups excluding carboxylic acids is 1. The molecule has 0 spiro atoms. The van der Waals surface area contributed by atoms with E-state index >= 15 is 0 Å². The molecule has 1 atom stereocenters. The van der Waals surface area contributed by atoms with Crippen LogP contribution in [0.15, 0.2) is 6.07 Å². The Kier molecular flexibility index (Phi) is 3.30. The van der Waals surface area contributed by atoms with Crippen molar-refractivity contribution in [3.05, 3.63) is 21.4 Å². The molecule has 1 aromatic rings. The SMILES string of the molecule is Cc1cc(C(=O)N2CCC[C@@H]2CO)sc1C. The molecule has 2 rings (SSSR count). The number of hydrogen-bond acceptors (Lipinski definition) is 3. The van der Waals surface area contributed by atoms with Gasteiger partial charge in [0.15, 0.2) is 0 Å². The zero-order valence-corrected chi connectivity index (χ0v) is 10.5. The fraction of sp³-hybridized carbons (Fsp3) is 0.583. The second-order valence-electron chi connectivity index (χ2n) is 4.33. The third-order valence-corrected chi connectivity index (χ3v) is 4.37. The molecule has 0 saturated carbocycles. The molecule has 0 aromatic carbocycles. The summed E-state index contributed by atoms with van der Waals surface area (Å²) in [4.78, 5) is 16.0. The van der Waals surface area contributed by atoms with E-state index in [1.165, 1.54) is 10.4 Å². The largest absolute Gasteiger partial charge is 0.394 e. The van der Waals surface area contributed by atoms with E-state index in [2.05, 4.69) is 0 Å². The molecule has 1 aliphatic heterocycles. The average molecular weight is 239 g/mol. The van der Waals surface area contributed by atoms with Crippen LogP contribution < -0.4 is 0 Å². The summed E-state index contributed by atoms with van der Waals surface area (Å²) in [6, 6.07) is 1.98. The summed E-state index contributed by atoms with van der Waals surface area (Å²) in [7, 11) is 0. The Morgan fingerprint density at radius 3 is 2.94 bits per heavy atom. The molecule has 4 heteroatoms. The number of hydrogen-bond donors (Lipinski definition) is 1. The number of rotatable bonds is 2. The Morgan fingerprint density at radius 1 is 1.62 bits per heavy atom. The highest BCUT2D eigenvalue weighted by atomic mass is 32.1. The number of thiophene rings is 1. The van der Waals surface area contributed by atoms with Gasteiger partial charge in [0.1, 0.15) is 0 Å². The molecule has 16 heavy (non-hydrogen) atoms. The lowest BCUT2D eigenvalue weighted by Gasteiger charge is -2.22. The maximum absolute atomic E-state index is 12.2. The number of aliphatic hydroxyl groups is 1. The van der Waals surface area contributed by atoms with Crippen LogP contribution >= 0.6 is 11.3 Å². The zero-order chi connectivity index (χ0) is 11.7. The van der Waals surface area contributed by atoms with E-state index in [1.54, 1.807) is 11.3 Å². The van der Waals surface area contributed by atoms with Gasteiger partial charge in [0.25, 0.3) is 5.91 Å². The van der Waals surface area contributed by atoms with Crippen LogP contribution in [-0.2, 0) is 0 Å². The molecule has 1 fully saturated rings. The molecule has 1 aromatic heterocycles. The van der Waals surface area contributed by atoms with E-state index in [0.29, 0.717) is 0 Å². The maximum atomic E-state index is 12.2. The summed E-state index contributed by atoms with van der Waals surface area (Å²) in [6.07, 6.45) is 1.92. The topological polar surface area (TPSA) is 40.5 Å². The van der Waals surface area contributed by atoms with Crippen LogP contribution in [0, 0.1) is 13.8 Å². The summed E-state index contributed by atoms with van der Waals surface area (Å²) in [5.41, 5.74) is 1.17. The van der Waals surface area contributed by atoms with Gasteiger partial charge in [-0.2, -0.15) is 0 Å². The van der Waals surface area contributed by atoms with Gasteiger partial charge in [0.2, 0.25) is 0 Å². The lowest BCUT2D eigenvalue weighted by molar-refractivity contribution is 0.0682. The monoisotopic (exact) mass is 239 g/mol. The van der Waals surface area contributed by atoms with Crippen molar-refractivity contribution in [3.63, 3.8) is 0 Å². The molecule has 1 saturated heterocycles. The molecule has 1 amide bonds. The van der Waals surface area contributed by atoms with Crippen LogP contribution in [-0.4, -0.2) is 35.1 Å². The van der Waals surface area contributed by atoms with Crippen molar-refractivity contribution in [2.75, 3.05) is 13.2 Å². The molecule has 1 N–H and O–H groups in total. The molecule has 3 nitrogen and oxygen atoms in total. The van der Waals surface area contributed by atoms with Crippen molar-refractivity contribution in [1.82, 2.24) is 4.90 Å². The first-order valence-corrected chi connectivity index (χ1v) is 6.44. The van der Waals surface area contributed by atoms with Gasteiger partial charge in [-0.3, -0.25) is 4.79 Å². The van der Waals surface area contributed by atoms with Gasteiger partial charge in [-0.05, 0) is 38.3 Å². The number of amides is 1. The molecule has 88 valence electrons.